The molecule has 1 amide bonds. The fraction of sp³-hybridized carbons (Fsp3) is 0.333. The average Bonchev–Trinajstić information content (AvgIpc) is 3.13. The van der Waals surface area contributed by atoms with E-state index in [9.17, 15) is 13.6 Å². The van der Waals surface area contributed by atoms with Crippen LogP contribution in [0, 0.1) is 6.92 Å². The molecule has 1 aliphatic rings. The van der Waals surface area contributed by atoms with E-state index in [1.165, 1.54) is 6.07 Å². The molecule has 0 spiro atoms. The predicted octanol–water partition coefficient (Wildman–Crippen LogP) is 4.92. The molecule has 0 fully saturated rings. The van der Waals surface area contributed by atoms with Crippen LogP contribution in [0.5, 0.6) is 17.4 Å². The van der Waals surface area contributed by atoms with Gasteiger partial charge in [0.05, 0.1) is 12.8 Å². The zero-order valence-corrected chi connectivity index (χ0v) is 18.8. The van der Waals surface area contributed by atoms with Gasteiger partial charge in [-0.2, -0.15) is 0 Å². The number of amides is 1. The van der Waals surface area contributed by atoms with Gasteiger partial charge in [-0.25, -0.2) is 15.0 Å². The zero-order chi connectivity index (χ0) is 24.1. The Kier molecular flexibility index (Phi) is 6.85. The largest absolute Gasteiger partial charge is 0.586 e. The number of carbonyl (C=O) groups is 1. The third kappa shape index (κ3) is 5.75. The lowest BCUT2D eigenvalue weighted by molar-refractivity contribution is -0.286. The quantitative estimate of drug-likeness (QED) is 0.444. The molecular formula is C24H24F2N4O4. The number of nitrogens with one attached hydrogen (secondary N) is 1. The fourth-order valence-electron chi connectivity index (χ4n) is 3.56. The molecule has 3 heterocycles. The lowest BCUT2D eigenvalue weighted by Crippen LogP contribution is -2.25. The number of nitrogens with zero attached hydrogens (tertiary/aromatic N) is 3. The van der Waals surface area contributed by atoms with Gasteiger partial charge in [-0.3, -0.25) is 10.1 Å². The summed E-state index contributed by atoms with van der Waals surface area (Å²) in [5, 5.41) is 2.74. The number of ether oxygens (including phenoxy) is 3. The Hall–Kier alpha value is -3.82. The summed E-state index contributed by atoms with van der Waals surface area (Å²) in [5.74, 6) is 0.649. The Balaban J connectivity index is 1.23. The number of unbranched alkanes of at least 4 members (excludes halogenated alkanes) is 2. The summed E-state index contributed by atoms with van der Waals surface area (Å²) in [6.45, 7) is 1.89. The van der Waals surface area contributed by atoms with Crippen LogP contribution in [0.25, 0.3) is 11.3 Å². The fourth-order valence-corrected chi connectivity index (χ4v) is 3.56. The van der Waals surface area contributed by atoms with Gasteiger partial charge in [-0.05, 0) is 55.5 Å². The molecule has 0 aliphatic carbocycles. The highest BCUT2D eigenvalue weighted by Crippen LogP contribution is 2.41. The van der Waals surface area contributed by atoms with Crippen LogP contribution in [0.1, 0.15) is 36.8 Å². The van der Waals surface area contributed by atoms with Gasteiger partial charge >= 0.3 is 6.29 Å². The summed E-state index contributed by atoms with van der Waals surface area (Å²) in [7, 11) is 1.55. The van der Waals surface area contributed by atoms with Crippen molar-refractivity contribution in [1.29, 1.82) is 0 Å². The van der Waals surface area contributed by atoms with Crippen LogP contribution < -0.4 is 19.5 Å². The summed E-state index contributed by atoms with van der Waals surface area (Å²) in [6.07, 6.45) is 2.99. The summed E-state index contributed by atoms with van der Waals surface area (Å²) in [5.41, 5.74) is 3.21. The summed E-state index contributed by atoms with van der Waals surface area (Å²) >= 11 is 0. The first-order chi connectivity index (χ1) is 16.3. The second-order valence-corrected chi connectivity index (χ2v) is 7.87. The van der Waals surface area contributed by atoms with E-state index in [0.717, 1.165) is 29.5 Å². The number of fused-ring (bicyclic) bond motifs is 1. The van der Waals surface area contributed by atoms with Crippen molar-refractivity contribution in [3.8, 4) is 28.6 Å². The number of methoxy groups -OCH3 is 1. The van der Waals surface area contributed by atoms with Crippen LogP contribution in [-0.2, 0) is 11.2 Å². The molecule has 1 N–H and O–H groups in total. The number of hydrogen-bond acceptors (Lipinski definition) is 7. The normalized spacial score (nSPS) is 13.5. The molecule has 0 saturated heterocycles. The van der Waals surface area contributed by atoms with E-state index >= 15 is 0 Å². The SMILES string of the molecule is COc1ccc(-c2nc(NC(=O)CCCCCc3ccc4c(c3)OC(F)(F)O4)ncc2C)cn1. The van der Waals surface area contributed by atoms with E-state index in [1.807, 2.05) is 13.0 Å². The Bertz CT molecular complexity index is 1170. The number of rotatable bonds is 9. The maximum atomic E-state index is 13.1. The minimum Gasteiger partial charge on any atom is -0.481 e. The second-order valence-electron chi connectivity index (χ2n) is 7.87. The van der Waals surface area contributed by atoms with Crippen LogP contribution in [0.15, 0.2) is 42.7 Å². The predicted molar refractivity (Wildman–Crippen MR) is 120 cm³/mol. The van der Waals surface area contributed by atoms with Gasteiger partial charge in [0.2, 0.25) is 17.7 Å². The first-order valence-electron chi connectivity index (χ1n) is 10.9. The highest BCUT2D eigenvalue weighted by atomic mass is 19.3. The molecule has 8 nitrogen and oxygen atoms in total. The molecule has 2 aromatic heterocycles. The molecule has 1 aromatic carbocycles. The third-order valence-electron chi connectivity index (χ3n) is 5.28. The number of aryl methyl sites for hydroxylation is 2. The van der Waals surface area contributed by atoms with Crippen molar-refractivity contribution >= 4 is 11.9 Å². The lowest BCUT2D eigenvalue weighted by Gasteiger charge is -2.09. The lowest BCUT2D eigenvalue weighted by atomic mass is 10.1. The van der Waals surface area contributed by atoms with Crippen molar-refractivity contribution in [2.45, 2.75) is 45.3 Å². The summed E-state index contributed by atoms with van der Waals surface area (Å²) in [4.78, 5) is 25.2. The van der Waals surface area contributed by atoms with E-state index in [4.69, 9.17) is 4.74 Å². The molecule has 3 aromatic rings. The van der Waals surface area contributed by atoms with Gasteiger partial charge in [0.1, 0.15) is 0 Å². The van der Waals surface area contributed by atoms with Crippen molar-refractivity contribution in [2.75, 3.05) is 12.4 Å². The molecule has 34 heavy (non-hydrogen) atoms. The van der Waals surface area contributed by atoms with E-state index < -0.39 is 6.29 Å². The molecule has 0 atom stereocenters. The molecular weight excluding hydrogens is 446 g/mol. The van der Waals surface area contributed by atoms with Crippen molar-refractivity contribution in [3.05, 3.63) is 53.9 Å². The summed E-state index contributed by atoms with van der Waals surface area (Å²) in [6, 6.07) is 8.37. The molecule has 1 aliphatic heterocycles. The Morgan fingerprint density at radius 3 is 2.65 bits per heavy atom. The van der Waals surface area contributed by atoms with Gasteiger partial charge in [0, 0.05) is 30.4 Å². The Labute approximate surface area is 195 Å². The first kappa shape index (κ1) is 23.3. The number of alkyl halides is 2. The molecule has 0 saturated carbocycles. The standard InChI is InChI=1S/C24H24F2N4O4/c1-15-13-28-23(30-22(15)17-9-11-21(32-2)27-14-17)29-20(31)7-5-3-4-6-16-8-10-18-19(12-16)34-24(25,26)33-18/h8-14H,3-7H2,1-2H3,(H,28,29,30,31). The van der Waals surface area contributed by atoms with E-state index in [0.29, 0.717) is 30.8 Å². The zero-order valence-electron chi connectivity index (χ0n) is 18.8. The van der Waals surface area contributed by atoms with E-state index in [2.05, 4.69) is 29.7 Å². The first-order valence-corrected chi connectivity index (χ1v) is 10.9. The van der Waals surface area contributed by atoms with E-state index in [1.54, 1.807) is 37.7 Å². The average molecular weight is 470 g/mol. The molecule has 0 unspecified atom stereocenters. The van der Waals surface area contributed by atoms with Crippen LogP contribution in [-0.4, -0.2) is 34.3 Å². The van der Waals surface area contributed by atoms with E-state index in [-0.39, 0.29) is 23.4 Å². The Morgan fingerprint density at radius 1 is 1.06 bits per heavy atom. The number of halogens is 2. The van der Waals surface area contributed by atoms with Crippen LogP contribution in [0.2, 0.25) is 0 Å². The maximum absolute atomic E-state index is 13.1. The van der Waals surface area contributed by atoms with Crippen LogP contribution in [0.4, 0.5) is 14.7 Å². The van der Waals surface area contributed by atoms with Gasteiger partial charge in [-0.1, -0.05) is 12.5 Å². The molecule has 0 bridgehead atoms. The number of hydrogen-bond donors (Lipinski definition) is 1. The van der Waals surface area contributed by atoms with Crippen molar-refractivity contribution in [1.82, 2.24) is 15.0 Å². The molecule has 4 rings (SSSR count). The van der Waals surface area contributed by atoms with Gasteiger partial charge in [0.25, 0.3) is 0 Å². The maximum Gasteiger partial charge on any atom is 0.586 e. The Morgan fingerprint density at radius 2 is 1.88 bits per heavy atom. The monoisotopic (exact) mass is 470 g/mol. The highest BCUT2D eigenvalue weighted by molar-refractivity contribution is 5.89. The van der Waals surface area contributed by atoms with Gasteiger partial charge in [0.15, 0.2) is 11.5 Å². The molecule has 0 radical (unpaired) electrons. The minimum absolute atomic E-state index is 0.0372. The minimum atomic E-state index is -3.61. The number of anilines is 1. The smallest absolute Gasteiger partial charge is 0.481 e. The summed E-state index contributed by atoms with van der Waals surface area (Å²) < 4.78 is 40.2. The number of benzene rings is 1. The number of carbonyl (C=O) groups excluding carboxylic acids is 1. The van der Waals surface area contributed by atoms with Gasteiger partial charge in [-0.15, -0.1) is 8.78 Å². The third-order valence-corrected chi connectivity index (χ3v) is 5.28. The van der Waals surface area contributed by atoms with Crippen LogP contribution in [0.3, 0.4) is 0 Å². The molecule has 10 heteroatoms. The topological polar surface area (TPSA) is 95.5 Å². The number of aromatic nitrogens is 3. The van der Waals surface area contributed by atoms with Crippen LogP contribution >= 0.6 is 0 Å². The highest BCUT2D eigenvalue weighted by Gasteiger charge is 2.43. The van der Waals surface area contributed by atoms with Crippen molar-refractivity contribution in [2.24, 2.45) is 0 Å². The number of pyridine rings is 1. The molecule has 178 valence electrons. The van der Waals surface area contributed by atoms with Crippen molar-refractivity contribution in [3.63, 3.8) is 0 Å². The van der Waals surface area contributed by atoms with Crippen molar-refractivity contribution < 1.29 is 27.8 Å². The second kappa shape index (κ2) is 9.98. The van der Waals surface area contributed by atoms with Gasteiger partial charge < -0.3 is 14.2 Å².